The van der Waals surface area contributed by atoms with E-state index in [1.807, 2.05) is 51.3 Å². The molecular weight excluding hydrogens is 638 g/mol. The molecule has 0 saturated heterocycles. The first-order chi connectivity index (χ1) is 22.6. The molecule has 0 bridgehead atoms. The van der Waals surface area contributed by atoms with E-state index in [-0.39, 0.29) is 18.5 Å². The molecule has 11 heteroatoms. The van der Waals surface area contributed by atoms with Gasteiger partial charge in [0.2, 0.25) is 0 Å². The van der Waals surface area contributed by atoms with E-state index in [4.69, 9.17) is 35.3 Å². The van der Waals surface area contributed by atoms with Crippen LogP contribution in [-0.2, 0) is 32.0 Å². The first-order valence-electron chi connectivity index (χ1n) is 15.9. The molecule has 0 aliphatic rings. The summed E-state index contributed by atoms with van der Waals surface area (Å²) in [5, 5.41) is 11.0. The molecule has 0 unspecified atom stereocenters. The van der Waals surface area contributed by atoms with Crippen LogP contribution in [0, 0.1) is 11.3 Å². The summed E-state index contributed by atoms with van der Waals surface area (Å²) in [6.07, 6.45) is 9.58. The van der Waals surface area contributed by atoms with E-state index < -0.39 is 5.60 Å². The molecule has 0 radical (unpaired) electrons. The first kappa shape index (κ1) is 38.1. The second-order valence-corrected chi connectivity index (χ2v) is 13.3. The van der Waals surface area contributed by atoms with Gasteiger partial charge in [-0.25, -0.2) is 14.8 Å². The number of halogens is 1. The molecule has 1 aromatic heterocycles. The Labute approximate surface area is 288 Å². The van der Waals surface area contributed by atoms with Gasteiger partial charge in [-0.05, 0) is 100 Å². The number of hydrogen-bond acceptors (Lipinski definition) is 10. The second-order valence-electron chi connectivity index (χ2n) is 12.1. The van der Waals surface area contributed by atoms with E-state index in [0.29, 0.717) is 55.8 Å². The third-order valence-corrected chi connectivity index (χ3v) is 7.74. The highest BCUT2D eigenvalue weighted by Gasteiger charge is 2.16. The molecule has 0 saturated carbocycles. The minimum Gasteiger partial charge on any atom is -0.491 e. The summed E-state index contributed by atoms with van der Waals surface area (Å²) >= 11 is 8.09. The van der Waals surface area contributed by atoms with Crippen LogP contribution in [0.25, 0.3) is 0 Å². The van der Waals surface area contributed by atoms with Gasteiger partial charge >= 0.3 is 5.97 Å². The van der Waals surface area contributed by atoms with Crippen LogP contribution in [0.1, 0.15) is 81.5 Å². The van der Waals surface area contributed by atoms with Crippen molar-refractivity contribution in [2.45, 2.75) is 83.1 Å². The highest BCUT2D eigenvalue weighted by Crippen LogP contribution is 2.33. The Kier molecular flexibility index (Phi) is 16.3. The Morgan fingerprint density at radius 3 is 2.30 bits per heavy atom. The number of benzene rings is 2. The van der Waals surface area contributed by atoms with Gasteiger partial charge in [0.25, 0.3) is 0 Å². The number of nitriles is 1. The minimum atomic E-state index is -0.506. The quantitative estimate of drug-likeness (QED) is 0.0503. The average Bonchev–Trinajstić information content (AvgIpc) is 3.04. The number of hydrogen-bond donors (Lipinski definition) is 0. The Morgan fingerprint density at radius 2 is 1.62 bits per heavy atom. The summed E-state index contributed by atoms with van der Waals surface area (Å²) < 4.78 is 28.0. The van der Waals surface area contributed by atoms with Gasteiger partial charge in [0, 0.05) is 37.8 Å². The molecule has 9 nitrogen and oxygen atoms in total. The van der Waals surface area contributed by atoms with E-state index >= 15 is 0 Å². The average molecular weight is 684 g/mol. The maximum Gasteiger partial charge on any atom is 0.332 e. The Bertz CT molecular complexity index is 1420. The van der Waals surface area contributed by atoms with Crippen LogP contribution >= 0.6 is 23.4 Å². The monoisotopic (exact) mass is 683 g/mol. The van der Waals surface area contributed by atoms with Crippen molar-refractivity contribution in [2.75, 3.05) is 39.3 Å². The van der Waals surface area contributed by atoms with Gasteiger partial charge in [-0.15, -0.1) is 0 Å². The van der Waals surface area contributed by atoms with Crippen LogP contribution in [0.2, 0.25) is 5.02 Å². The van der Waals surface area contributed by atoms with E-state index in [0.717, 1.165) is 53.3 Å². The first-order valence-corrected chi connectivity index (χ1v) is 17.5. The normalized spacial score (nSPS) is 11.9. The Balaban J connectivity index is 1.33. The zero-order chi connectivity index (χ0) is 34.1. The van der Waals surface area contributed by atoms with Gasteiger partial charge in [0.1, 0.15) is 30.6 Å². The van der Waals surface area contributed by atoms with E-state index in [1.165, 1.54) is 11.8 Å². The van der Waals surface area contributed by atoms with Crippen molar-refractivity contribution in [3.8, 4) is 17.6 Å². The lowest BCUT2D eigenvalue weighted by Crippen LogP contribution is -2.26. The van der Waals surface area contributed by atoms with Crippen molar-refractivity contribution < 1.29 is 28.5 Å². The third kappa shape index (κ3) is 14.5. The zero-order valence-corrected chi connectivity index (χ0v) is 29.6. The van der Waals surface area contributed by atoms with Crippen LogP contribution in [0.5, 0.6) is 11.5 Å². The van der Waals surface area contributed by atoms with E-state index in [2.05, 4.69) is 35.1 Å². The summed E-state index contributed by atoms with van der Waals surface area (Å²) in [6, 6.07) is 14.1. The lowest BCUT2D eigenvalue weighted by molar-refractivity contribution is -0.160. The van der Waals surface area contributed by atoms with Gasteiger partial charge in [0.15, 0.2) is 10.9 Å². The number of ether oxygens (including phenoxy) is 5. The van der Waals surface area contributed by atoms with E-state index in [1.54, 1.807) is 12.4 Å². The van der Waals surface area contributed by atoms with Gasteiger partial charge in [-0.3, -0.25) is 0 Å². The number of thioether (sulfide) groups is 1. The standard InChI is InChI=1S/C36H46ClN3O6S/c1-26(29-10-12-31(13-11-29)45-24-28-22-39-35(47-5)40-23-28)18-27-19-30(21-38)34(32(37)20-27)44-17-8-6-7-14-42-15-9-16-43-25-33(41)46-36(2,3)4/h10-13,19-20,22-23,26H,6-9,14-18,24-25H2,1-5H3/t26-/m1/s1. The van der Waals surface area contributed by atoms with Crippen molar-refractivity contribution in [1.29, 1.82) is 5.26 Å². The van der Waals surface area contributed by atoms with Gasteiger partial charge in [0.05, 0.1) is 17.2 Å². The number of carbonyl (C=O) groups excluding carboxylic acids is 1. The van der Waals surface area contributed by atoms with Crippen LogP contribution in [0.4, 0.5) is 0 Å². The number of esters is 1. The largest absolute Gasteiger partial charge is 0.491 e. The lowest BCUT2D eigenvalue weighted by Gasteiger charge is -2.19. The maximum atomic E-state index is 11.6. The molecular formula is C36H46ClN3O6S. The molecule has 3 aromatic rings. The van der Waals surface area contributed by atoms with Crippen molar-refractivity contribution in [3.05, 3.63) is 76.1 Å². The van der Waals surface area contributed by atoms with Crippen LogP contribution < -0.4 is 9.47 Å². The number of rotatable bonds is 20. The van der Waals surface area contributed by atoms with Gasteiger partial charge in [-0.1, -0.05) is 42.4 Å². The lowest BCUT2D eigenvalue weighted by atomic mass is 9.93. The molecule has 1 atom stereocenters. The van der Waals surface area contributed by atoms with Gasteiger partial charge < -0.3 is 23.7 Å². The van der Waals surface area contributed by atoms with Crippen molar-refractivity contribution in [1.82, 2.24) is 9.97 Å². The molecule has 0 fully saturated rings. The zero-order valence-electron chi connectivity index (χ0n) is 28.1. The predicted molar refractivity (Wildman–Crippen MR) is 184 cm³/mol. The molecule has 0 N–H and O–H groups in total. The second kappa shape index (κ2) is 20.1. The molecule has 0 aliphatic carbocycles. The molecule has 2 aromatic carbocycles. The smallest absolute Gasteiger partial charge is 0.332 e. The number of nitrogens with zero attached hydrogens (tertiary/aromatic N) is 3. The Hall–Kier alpha value is -3.36. The molecule has 3 rings (SSSR count). The number of aromatic nitrogens is 2. The topological polar surface area (TPSA) is 113 Å². The third-order valence-electron chi connectivity index (χ3n) is 6.88. The summed E-state index contributed by atoms with van der Waals surface area (Å²) in [5.74, 6) is 1.05. The molecule has 1 heterocycles. The highest BCUT2D eigenvalue weighted by molar-refractivity contribution is 7.98. The molecule has 0 amide bonds. The molecule has 254 valence electrons. The predicted octanol–water partition coefficient (Wildman–Crippen LogP) is 7.96. The number of carbonyl (C=O) groups is 1. The summed E-state index contributed by atoms with van der Waals surface area (Å²) in [6.45, 7) is 10.1. The van der Waals surface area contributed by atoms with Crippen LogP contribution in [0.15, 0.2) is 53.9 Å². The van der Waals surface area contributed by atoms with E-state index in [9.17, 15) is 10.1 Å². The highest BCUT2D eigenvalue weighted by atomic mass is 35.5. The molecule has 0 aliphatic heterocycles. The molecule has 0 spiro atoms. The van der Waals surface area contributed by atoms with Crippen molar-refractivity contribution in [2.24, 2.45) is 0 Å². The van der Waals surface area contributed by atoms with Crippen LogP contribution in [-0.4, -0.2) is 60.8 Å². The fraction of sp³-hybridized carbons (Fsp3) is 0.500. The van der Waals surface area contributed by atoms with Crippen molar-refractivity contribution in [3.63, 3.8) is 0 Å². The SMILES string of the molecule is CSc1ncc(COc2ccc([C@H](C)Cc3cc(Cl)c(OCCCCCOCCCOCC(=O)OC(C)(C)C)c(C#N)c3)cc2)cn1. The fourth-order valence-corrected chi connectivity index (χ4v) is 5.21. The summed E-state index contributed by atoms with van der Waals surface area (Å²) in [4.78, 5) is 20.2. The summed E-state index contributed by atoms with van der Waals surface area (Å²) in [7, 11) is 0. The van der Waals surface area contributed by atoms with Gasteiger partial charge in [-0.2, -0.15) is 5.26 Å². The Morgan fingerprint density at radius 1 is 0.936 bits per heavy atom. The minimum absolute atomic E-state index is 0.0475. The van der Waals surface area contributed by atoms with Crippen LogP contribution in [0.3, 0.4) is 0 Å². The maximum absolute atomic E-state index is 11.6. The fourth-order valence-electron chi connectivity index (χ4n) is 4.60. The van der Waals surface area contributed by atoms with Crippen molar-refractivity contribution >= 4 is 29.3 Å². The summed E-state index contributed by atoms with van der Waals surface area (Å²) in [5.41, 5.74) is 2.99. The number of unbranched alkanes of at least 4 members (excludes halogenated alkanes) is 2. The molecule has 47 heavy (non-hydrogen) atoms.